The molecule has 0 saturated carbocycles. The van der Waals surface area contributed by atoms with Crippen LogP contribution >= 0.6 is 0 Å². The van der Waals surface area contributed by atoms with E-state index in [0.29, 0.717) is 12.3 Å². The summed E-state index contributed by atoms with van der Waals surface area (Å²) in [5.41, 5.74) is 1.02. The van der Waals surface area contributed by atoms with Crippen molar-refractivity contribution < 1.29 is 4.79 Å². The number of piperidine rings is 1. The van der Waals surface area contributed by atoms with Crippen LogP contribution in [0.2, 0.25) is 0 Å². The predicted octanol–water partition coefficient (Wildman–Crippen LogP) is 2.82. The van der Waals surface area contributed by atoms with Gasteiger partial charge in [0.2, 0.25) is 5.91 Å². The van der Waals surface area contributed by atoms with E-state index in [1.54, 1.807) is 0 Å². The molecule has 2 atom stereocenters. The number of hydrogen-bond donors (Lipinski definition) is 1. The average molecular weight is 260 g/mol. The molecule has 1 N–H and O–H groups in total. The average Bonchev–Trinajstić information content (AvgIpc) is 2.49. The van der Waals surface area contributed by atoms with Crippen LogP contribution in [0.5, 0.6) is 0 Å². The van der Waals surface area contributed by atoms with Crippen molar-refractivity contribution in [2.75, 3.05) is 18.0 Å². The minimum atomic E-state index is 0.212. The molecule has 0 aliphatic carbocycles. The Morgan fingerprint density at radius 3 is 2.74 bits per heavy atom. The Hall–Kier alpha value is -1.35. The first kappa shape index (κ1) is 14.1. The first-order chi connectivity index (χ1) is 9.24. The molecule has 1 saturated heterocycles. The molecule has 1 aromatic carbocycles. The van der Waals surface area contributed by atoms with Gasteiger partial charge in [-0.3, -0.25) is 4.79 Å². The summed E-state index contributed by atoms with van der Waals surface area (Å²) in [7, 11) is 0. The number of carbonyl (C=O) groups is 1. The molecule has 104 valence electrons. The number of benzene rings is 1. The zero-order valence-corrected chi connectivity index (χ0v) is 11.9. The Morgan fingerprint density at radius 2 is 2.16 bits per heavy atom. The summed E-state index contributed by atoms with van der Waals surface area (Å²) in [6, 6.07) is 10.3. The van der Waals surface area contributed by atoms with E-state index in [-0.39, 0.29) is 11.9 Å². The SMILES string of the molecule is CCC(=O)N(c1ccccc1)C(C)[C@@H]1CCCNC1. The number of amides is 1. The van der Waals surface area contributed by atoms with Crippen LogP contribution in [0.1, 0.15) is 33.1 Å². The quantitative estimate of drug-likeness (QED) is 0.903. The van der Waals surface area contributed by atoms with Crippen LogP contribution in [0.3, 0.4) is 0 Å². The van der Waals surface area contributed by atoms with Crippen LogP contribution < -0.4 is 10.2 Å². The van der Waals surface area contributed by atoms with Crippen molar-refractivity contribution in [1.29, 1.82) is 0 Å². The third-order valence-corrected chi connectivity index (χ3v) is 4.03. The molecule has 1 aliphatic heterocycles. The molecule has 1 heterocycles. The predicted molar refractivity (Wildman–Crippen MR) is 79.3 cm³/mol. The molecule has 0 aromatic heterocycles. The Morgan fingerprint density at radius 1 is 1.42 bits per heavy atom. The standard InChI is InChI=1S/C16H24N2O/c1-3-16(19)18(15-9-5-4-6-10-15)13(2)14-8-7-11-17-12-14/h4-6,9-10,13-14,17H,3,7-8,11-12H2,1-2H3/t13?,14-/m1/s1. The van der Waals surface area contributed by atoms with E-state index in [2.05, 4.69) is 12.2 Å². The molecule has 1 aliphatic rings. The zero-order chi connectivity index (χ0) is 13.7. The normalized spacial score (nSPS) is 20.8. The molecular formula is C16H24N2O. The Bertz CT molecular complexity index is 398. The first-order valence-electron chi connectivity index (χ1n) is 7.32. The molecule has 3 nitrogen and oxygen atoms in total. The molecule has 2 rings (SSSR count). The number of hydrogen-bond acceptors (Lipinski definition) is 2. The van der Waals surface area contributed by atoms with Crippen LogP contribution in [0.25, 0.3) is 0 Å². The molecule has 1 unspecified atom stereocenters. The summed E-state index contributed by atoms with van der Waals surface area (Å²) in [5, 5.41) is 3.44. The maximum atomic E-state index is 12.3. The number of nitrogens with one attached hydrogen (secondary N) is 1. The second kappa shape index (κ2) is 6.71. The second-order valence-electron chi connectivity index (χ2n) is 5.30. The second-order valence-corrected chi connectivity index (χ2v) is 5.30. The fraction of sp³-hybridized carbons (Fsp3) is 0.562. The molecule has 0 radical (unpaired) electrons. The van der Waals surface area contributed by atoms with Gasteiger partial charge in [-0.05, 0) is 50.9 Å². The minimum absolute atomic E-state index is 0.212. The Balaban J connectivity index is 2.19. The zero-order valence-electron chi connectivity index (χ0n) is 11.9. The number of nitrogens with zero attached hydrogens (tertiary/aromatic N) is 1. The molecule has 1 amide bonds. The van der Waals surface area contributed by atoms with Crippen molar-refractivity contribution in [2.24, 2.45) is 5.92 Å². The van der Waals surface area contributed by atoms with E-state index in [1.807, 2.05) is 42.2 Å². The van der Waals surface area contributed by atoms with Crippen molar-refractivity contribution in [3.8, 4) is 0 Å². The largest absolute Gasteiger partial charge is 0.316 e. The summed E-state index contributed by atoms with van der Waals surface area (Å²) < 4.78 is 0. The van der Waals surface area contributed by atoms with Gasteiger partial charge < -0.3 is 10.2 Å². The van der Waals surface area contributed by atoms with Gasteiger partial charge in [0.15, 0.2) is 0 Å². The van der Waals surface area contributed by atoms with Crippen molar-refractivity contribution >= 4 is 11.6 Å². The van der Waals surface area contributed by atoms with E-state index in [9.17, 15) is 4.79 Å². The molecular weight excluding hydrogens is 236 g/mol. The third-order valence-electron chi connectivity index (χ3n) is 4.03. The Labute approximate surface area is 116 Å². The highest BCUT2D eigenvalue weighted by Crippen LogP contribution is 2.25. The summed E-state index contributed by atoms with van der Waals surface area (Å²) in [5.74, 6) is 0.758. The highest BCUT2D eigenvalue weighted by molar-refractivity contribution is 5.93. The number of para-hydroxylation sites is 1. The molecule has 3 heteroatoms. The van der Waals surface area contributed by atoms with E-state index in [0.717, 1.165) is 18.8 Å². The third kappa shape index (κ3) is 3.35. The van der Waals surface area contributed by atoms with Gasteiger partial charge in [0, 0.05) is 18.2 Å². The number of anilines is 1. The lowest BCUT2D eigenvalue weighted by molar-refractivity contribution is -0.119. The maximum absolute atomic E-state index is 12.3. The van der Waals surface area contributed by atoms with Gasteiger partial charge in [0.1, 0.15) is 0 Å². The highest BCUT2D eigenvalue weighted by atomic mass is 16.2. The molecule has 19 heavy (non-hydrogen) atoms. The van der Waals surface area contributed by atoms with Gasteiger partial charge in [-0.25, -0.2) is 0 Å². The molecule has 1 aromatic rings. The monoisotopic (exact) mass is 260 g/mol. The van der Waals surface area contributed by atoms with Crippen molar-refractivity contribution in [2.45, 2.75) is 39.2 Å². The van der Waals surface area contributed by atoms with E-state index in [4.69, 9.17) is 0 Å². The lowest BCUT2D eigenvalue weighted by atomic mass is 9.91. The van der Waals surface area contributed by atoms with Crippen LogP contribution in [0.4, 0.5) is 5.69 Å². The van der Waals surface area contributed by atoms with Crippen molar-refractivity contribution in [3.63, 3.8) is 0 Å². The fourth-order valence-electron chi connectivity index (χ4n) is 2.87. The van der Waals surface area contributed by atoms with E-state index in [1.165, 1.54) is 12.8 Å². The summed E-state index contributed by atoms with van der Waals surface area (Å²) >= 11 is 0. The van der Waals surface area contributed by atoms with Crippen LogP contribution in [-0.2, 0) is 4.79 Å². The van der Waals surface area contributed by atoms with Gasteiger partial charge in [0.05, 0.1) is 0 Å². The maximum Gasteiger partial charge on any atom is 0.226 e. The molecule has 0 spiro atoms. The van der Waals surface area contributed by atoms with Crippen molar-refractivity contribution in [3.05, 3.63) is 30.3 Å². The van der Waals surface area contributed by atoms with E-state index < -0.39 is 0 Å². The highest BCUT2D eigenvalue weighted by Gasteiger charge is 2.28. The summed E-state index contributed by atoms with van der Waals surface area (Å²) in [6.45, 7) is 6.24. The van der Waals surface area contributed by atoms with Gasteiger partial charge in [0.25, 0.3) is 0 Å². The topological polar surface area (TPSA) is 32.3 Å². The lowest BCUT2D eigenvalue weighted by Crippen LogP contribution is -2.47. The number of rotatable bonds is 4. The van der Waals surface area contributed by atoms with E-state index >= 15 is 0 Å². The van der Waals surface area contributed by atoms with Crippen LogP contribution in [-0.4, -0.2) is 25.0 Å². The fourth-order valence-corrected chi connectivity index (χ4v) is 2.87. The van der Waals surface area contributed by atoms with Crippen LogP contribution in [0, 0.1) is 5.92 Å². The molecule has 0 bridgehead atoms. The number of carbonyl (C=O) groups excluding carboxylic acids is 1. The first-order valence-corrected chi connectivity index (χ1v) is 7.32. The lowest BCUT2D eigenvalue weighted by Gasteiger charge is -2.37. The summed E-state index contributed by atoms with van der Waals surface area (Å²) in [4.78, 5) is 14.3. The Kier molecular flexibility index (Phi) is 4.97. The van der Waals surface area contributed by atoms with Crippen molar-refractivity contribution in [1.82, 2.24) is 5.32 Å². The van der Waals surface area contributed by atoms with Crippen LogP contribution in [0.15, 0.2) is 30.3 Å². The smallest absolute Gasteiger partial charge is 0.226 e. The molecule has 1 fully saturated rings. The minimum Gasteiger partial charge on any atom is -0.316 e. The summed E-state index contributed by atoms with van der Waals surface area (Å²) in [6.07, 6.45) is 2.96. The van der Waals surface area contributed by atoms with Gasteiger partial charge >= 0.3 is 0 Å². The van der Waals surface area contributed by atoms with Gasteiger partial charge in [-0.15, -0.1) is 0 Å². The van der Waals surface area contributed by atoms with Gasteiger partial charge in [-0.1, -0.05) is 25.1 Å². The van der Waals surface area contributed by atoms with Gasteiger partial charge in [-0.2, -0.15) is 0 Å².